The molecule has 1 saturated heterocycles. The van der Waals surface area contributed by atoms with E-state index in [4.69, 9.17) is 10.5 Å². The molecular weight excluding hydrogens is 353 g/mol. The molecule has 1 aliphatic carbocycles. The van der Waals surface area contributed by atoms with Crippen molar-refractivity contribution >= 4 is 22.6 Å². The Kier molecular flexibility index (Phi) is 4.30. The number of benzene rings is 1. The molecule has 0 bridgehead atoms. The molecule has 2 aliphatic rings. The molecule has 2 fully saturated rings. The second-order valence-electron chi connectivity index (χ2n) is 7.29. The molecule has 4 rings (SSSR count). The monoisotopic (exact) mass is 375 g/mol. The van der Waals surface area contributed by atoms with Crippen LogP contribution in [0.3, 0.4) is 0 Å². The predicted molar refractivity (Wildman–Crippen MR) is 99.3 cm³/mol. The SMILES string of the molecule is COc1c(N2CCC(CN)C2)c(F)cc2c(=O)c(C(=O)O)cn(C3CC3)c12. The summed E-state index contributed by atoms with van der Waals surface area (Å²) in [5.74, 6) is -1.34. The fourth-order valence-corrected chi connectivity index (χ4v) is 3.95. The third kappa shape index (κ3) is 2.84. The van der Waals surface area contributed by atoms with Gasteiger partial charge in [-0.15, -0.1) is 0 Å². The number of aromatic carboxylic acids is 1. The van der Waals surface area contributed by atoms with Gasteiger partial charge in [-0.1, -0.05) is 0 Å². The Labute approximate surface area is 155 Å². The first-order valence-electron chi connectivity index (χ1n) is 9.09. The second kappa shape index (κ2) is 6.53. The topological polar surface area (TPSA) is 97.8 Å². The summed E-state index contributed by atoms with van der Waals surface area (Å²) in [4.78, 5) is 26.1. The standard InChI is InChI=1S/C19H22FN3O4/c1-27-18-15-12(6-14(20)16(18)22-5-4-10(7-21)8-22)17(24)13(19(25)26)9-23(15)11-2-3-11/h6,9-11H,2-5,7-8,21H2,1H3,(H,25,26). The van der Waals surface area contributed by atoms with E-state index in [1.807, 2.05) is 4.90 Å². The fourth-order valence-electron chi connectivity index (χ4n) is 3.95. The second-order valence-corrected chi connectivity index (χ2v) is 7.29. The highest BCUT2D eigenvalue weighted by Crippen LogP contribution is 2.44. The molecule has 0 amide bonds. The molecule has 8 heteroatoms. The van der Waals surface area contributed by atoms with Crippen molar-refractivity contribution in [3.8, 4) is 5.75 Å². The number of methoxy groups -OCH3 is 1. The Morgan fingerprint density at radius 1 is 1.41 bits per heavy atom. The van der Waals surface area contributed by atoms with E-state index >= 15 is 4.39 Å². The zero-order valence-electron chi connectivity index (χ0n) is 15.1. The third-order valence-corrected chi connectivity index (χ3v) is 5.51. The maximum absolute atomic E-state index is 15.1. The number of carboxylic acid groups (broad SMARTS) is 1. The summed E-state index contributed by atoms with van der Waals surface area (Å²) < 4.78 is 22.4. The van der Waals surface area contributed by atoms with Crippen LogP contribution in [0.15, 0.2) is 17.1 Å². The summed E-state index contributed by atoms with van der Waals surface area (Å²) in [6.07, 6.45) is 3.99. The first-order chi connectivity index (χ1) is 13.0. The van der Waals surface area contributed by atoms with Crippen molar-refractivity contribution in [3.05, 3.63) is 33.9 Å². The van der Waals surface area contributed by atoms with Crippen molar-refractivity contribution < 1.29 is 19.0 Å². The number of carboxylic acids is 1. The minimum atomic E-state index is -1.31. The van der Waals surface area contributed by atoms with Gasteiger partial charge in [-0.05, 0) is 37.8 Å². The van der Waals surface area contributed by atoms with Crippen LogP contribution in [0.1, 0.15) is 35.7 Å². The van der Waals surface area contributed by atoms with Crippen molar-refractivity contribution in [1.29, 1.82) is 0 Å². The molecule has 0 spiro atoms. The fraction of sp³-hybridized carbons (Fsp3) is 0.474. The van der Waals surface area contributed by atoms with E-state index in [1.165, 1.54) is 13.3 Å². The predicted octanol–water partition coefficient (Wildman–Crippen LogP) is 1.97. The molecule has 1 aromatic carbocycles. The molecule has 1 aromatic heterocycles. The zero-order valence-corrected chi connectivity index (χ0v) is 15.1. The van der Waals surface area contributed by atoms with Gasteiger partial charge in [0.05, 0.1) is 18.0 Å². The maximum atomic E-state index is 15.1. The van der Waals surface area contributed by atoms with Gasteiger partial charge in [0.15, 0.2) is 11.6 Å². The minimum absolute atomic E-state index is 0.0365. The molecule has 0 radical (unpaired) electrons. The maximum Gasteiger partial charge on any atom is 0.341 e. The van der Waals surface area contributed by atoms with Crippen LogP contribution in [0.5, 0.6) is 5.75 Å². The van der Waals surface area contributed by atoms with Crippen molar-refractivity contribution in [3.63, 3.8) is 0 Å². The van der Waals surface area contributed by atoms with Crippen LogP contribution < -0.4 is 20.8 Å². The molecule has 1 saturated carbocycles. The lowest BCUT2D eigenvalue weighted by atomic mass is 10.1. The van der Waals surface area contributed by atoms with Crippen molar-refractivity contribution in [1.82, 2.24) is 4.57 Å². The van der Waals surface area contributed by atoms with E-state index < -0.39 is 17.2 Å². The minimum Gasteiger partial charge on any atom is -0.492 e. The normalized spacial score (nSPS) is 19.7. The molecule has 144 valence electrons. The number of anilines is 1. The number of hydrogen-bond donors (Lipinski definition) is 2. The number of aromatic nitrogens is 1. The summed E-state index contributed by atoms with van der Waals surface area (Å²) in [7, 11) is 1.45. The number of rotatable bonds is 5. The average molecular weight is 375 g/mol. The van der Waals surface area contributed by atoms with Gasteiger partial charge < -0.3 is 25.0 Å². The Bertz CT molecular complexity index is 983. The van der Waals surface area contributed by atoms with E-state index in [2.05, 4.69) is 0 Å². The van der Waals surface area contributed by atoms with Crippen LogP contribution in [0.4, 0.5) is 10.1 Å². The number of nitrogens with two attached hydrogens (primary N) is 1. The van der Waals surface area contributed by atoms with E-state index in [9.17, 15) is 14.7 Å². The summed E-state index contributed by atoms with van der Waals surface area (Å²) in [5.41, 5.74) is 5.49. The van der Waals surface area contributed by atoms with Crippen molar-refractivity contribution in [2.45, 2.75) is 25.3 Å². The van der Waals surface area contributed by atoms with E-state index in [1.54, 1.807) is 4.57 Å². The largest absolute Gasteiger partial charge is 0.492 e. The Morgan fingerprint density at radius 2 is 2.15 bits per heavy atom. The third-order valence-electron chi connectivity index (χ3n) is 5.51. The first-order valence-corrected chi connectivity index (χ1v) is 9.09. The van der Waals surface area contributed by atoms with Crippen LogP contribution in [0.25, 0.3) is 10.9 Å². The highest BCUT2D eigenvalue weighted by molar-refractivity contribution is 5.97. The van der Waals surface area contributed by atoms with Crippen molar-refractivity contribution in [2.75, 3.05) is 31.6 Å². The van der Waals surface area contributed by atoms with Gasteiger partial charge in [0.1, 0.15) is 11.3 Å². The number of fused-ring (bicyclic) bond motifs is 1. The number of hydrogen-bond acceptors (Lipinski definition) is 5. The number of ether oxygens (including phenoxy) is 1. The van der Waals surface area contributed by atoms with Gasteiger partial charge in [0, 0.05) is 25.3 Å². The molecule has 27 heavy (non-hydrogen) atoms. The van der Waals surface area contributed by atoms with Gasteiger partial charge >= 0.3 is 5.97 Å². The highest BCUT2D eigenvalue weighted by atomic mass is 19.1. The van der Waals surface area contributed by atoms with Gasteiger partial charge in [-0.2, -0.15) is 0 Å². The van der Waals surface area contributed by atoms with Crippen LogP contribution in [0.2, 0.25) is 0 Å². The molecule has 2 aromatic rings. The summed E-state index contributed by atoms with van der Waals surface area (Å²) in [6.45, 7) is 1.81. The lowest BCUT2D eigenvalue weighted by molar-refractivity contribution is 0.0695. The number of pyridine rings is 1. The lowest BCUT2D eigenvalue weighted by Gasteiger charge is -2.24. The molecule has 1 unspecified atom stereocenters. The summed E-state index contributed by atoms with van der Waals surface area (Å²) in [6, 6.07) is 1.24. The van der Waals surface area contributed by atoms with E-state index in [0.29, 0.717) is 30.8 Å². The first kappa shape index (κ1) is 17.8. The smallest absolute Gasteiger partial charge is 0.341 e. The van der Waals surface area contributed by atoms with E-state index in [0.717, 1.165) is 25.3 Å². The van der Waals surface area contributed by atoms with Gasteiger partial charge in [0.2, 0.25) is 5.43 Å². The number of halogens is 1. The van der Waals surface area contributed by atoms with Crippen LogP contribution >= 0.6 is 0 Å². The number of carbonyl (C=O) groups is 1. The highest BCUT2D eigenvalue weighted by Gasteiger charge is 2.32. The molecule has 3 N–H and O–H groups in total. The summed E-state index contributed by atoms with van der Waals surface area (Å²) >= 11 is 0. The molecule has 1 aliphatic heterocycles. The van der Waals surface area contributed by atoms with Crippen molar-refractivity contribution in [2.24, 2.45) is 11.7 Å². The van der Waals surface area contributed by atoms with Gasteiger partial charge in [0.25, 0.3) is 0 Å². The molecule has 7 nitrogen and oxygen atoms in total. The average Bonchev–Trinajstić information content (AvgIpc) is 3.38. The lowest BCUT2D eigenvalue weighted by Crippen LogP contribution is -2.25. The van der Waals surface area contributed by atoms with Gasteiger partial charge in [-0.3, -0.25) is 4.79 Å². The van der Waals surface area contributed by atoms with Gasteiger partial charge in [-0.25, -0.2) is 9.18 Å². The molecule has 2 heterocycles. The summed E-state index contributed by atoms with van der Waals surface area (Å²) in [5, 5.41) is 9.41. The molecule has 1 atom stereocenters. The Morgan fingerprint density at radius 3 is 2.70 bits per heavy atom. The van der Waals surface area contributed by atoms with Crippen LogP contribution in [0, 0.1) is 11.7 Å². The Balaban J connectivity index is 2.01. The van der Waals surface area contributed by atoms with Crippen LogP contribution in [-0.2, 0) is 0 Å². The number of nitrogens with zero attached hydrogens (tertiary/aromatic N) is 2. The zero-order chi connectivity index (χ0) is 19.3. The molecular formula is C19H22FN3O4. The quantitative estimate of drug-likeness (QED) is 0.829. The van der Waals surface area contributed by atoms with E-state index in [-0.39, 0.29) is 28.7 Å². The Hall–Kier alpha value is -2.61. The van der Waals surface area contributed by atoms with Crippen LogP contribution in [-0.4, -0.2) is 42.4 Å².